The number of amides is 2. The molecule has 12 heteroatoms. The Morgan fingerprint density at radius 2 is 2.14 bits per heavy atom. The number of thioether (sulfide) groups is 1. The lowest BCUT2D eigenvalue weighted by Crippen LogP contribution is -2.43. The highest BCUT2D eigenvalue weighted by molar-refractivity contribution is 7.99. The van der Waals surface area contributed by atoms with Crippen molar-refractivity contribution in [2.45, 2.75) is 24.5 Å². The fourth-order valence-electron chi connectivity index (χ4n) is 2.93. The molecule has 0 spiro atoms. The van der Waals surface area contributed by atoms with Crippen LogP contribution >= 0.6 is 11.8 Å². The quantitative estimate of drug-likeness (QED) is 0.350. The first-order chi connectivity index (χ1) is 13.9. The van der Waals surface area contributed by atoms with Gasteiger partial charge in [-0.1, -0.05) is 17.8 Å². The summed E-state index contributed by atoms with van der Waals surface area (Å²) in [5.74, 6) is 0.167. The molecule has 0 saturated carbocycles. The first kappa shape index (κ1) is 21.1. The van der Waals surface area contributed by atoms with Crippen LogP contribution in [0.25, 0.3) is 11.6 Å². The molecule has 0 aliphatic carbocycles. The summed E-state index contributed by atoms with van der Waals surface area (Å²) in [5, 5.41) is 8.69. The van der Waals surface area contributed by atoms with Crippen LogP contribution in [0.4, 0.5) is 0 Å². The molecule has 29 heavy (non-hydrogen) atoms. The number of sulfone groups is 1. The van der Waals surface area contributed by atoms with Crippen LogP contribution in [-0.2, 0) is 26.0 Å². The third-order valence-electron chi connectivity index (χ3n) is 4.24. The Hall–Kier alpha value is -2.60. The van der Waals surface area contributed by atoms with E-state index < -0.39 is 21.7 Å². The molecule has 2 amide bonds. The number of allylic oxidation sites excluding steroid dienone is 1. The van der Waals surface area contributed by atoms with E-state index in [0.29, 0.717) is 29.7 Å². The number of hydrogen-bond acceptors (Lipinski definition) is 8. The molecule has 2 aromatic rings. The van der Waals surface area contributed by atoms with Gasteiger partial charge >= 0.3 is 0 Å². The lowest BCUT2D eigenvalue weighted by atomic mass is 10.1. The fourth-order valence-corrected chi connectivity index (χ4v) is 5.54. The second-order valence-electron chi connectivity index (χ2n) is 6.54. The summed E-state index contributed by atoms with van der Waals surface area (Å²) < 4.78 is 30.0. The topological polar surface area (TPSA) is 136 Å². The summed E-state index contributed by atoms with van der Waals surface area (Å²) in [6, 6.07) is 3.50. The highest BCUT2D eigenvalue weighted by Gasteiger charge is 2.29. The van der Waals surface area contributed by atoms with Crippen molar-refractivity contribution in [3.63, 3.8) is 0 Å². The van der Waals surface area contributed by atoms with Gasteiger partial charge in [0.2, 0.25) is 17.6 Å². The molecule has 1 aliphatic rings. The van der Waals surface area contributed by atoms with Crippen molar-refractivity contribution in [2.75, 3.05) is 17.3 Å². The van der Waals surface area contributed by atoms with Gasteiger partial charge < -0.3 is 4.42 Å². The maximum Gasteiger partial charge on any atom is 0.248 e. The van der Waals surface area contributed by atoms with E-state index in [1.165, 1.54) is 6.26 Å². The lowest BCUT2D eigenvalue weighted by Gasteiger charge is -2.10. The second-order valence-corrected chi connectivity index (χ2v) is 9.71. The van der Waals surface area contributed by atoms with Gasteiger partial charge in [-0.15, -0.1) is 16.8 Å². The van der Waals surface area contributed by atoms with Gasteiger partial charge in [0.25, 0.3) is 0 Å². The Labute approximate surface area is 172 Å². The van der Waals surface area contributed by atoms with Crippen molar-refractivity contribution in [3.05, 3.63) is 31.1 Å². The van der Waals surface area contributed by atoms with Gasteiger partial charge in [-0.05, 0) is 24.5 Å². The van der Waals surface area contributed by atoms with Crippen molar-refractivity contribution in [2.24, 2.45) is 5.92 Å². The Kier molecular flexibility index (Phi) is 6.75. The molecule has 10 nitrogen and oxygen atoms in total. The number of nitrogens with one attached hydrogen (secondary N) is 2. The largest absolute Gasteiger partial charge is 0.461 e. The number of hydrazine groups is 1. The molecule has 156 valence electrons. The van der Waals surface area contributed by atoms with Gasteiger partial charge in [0.05, 0.1) is 23.5 Å². The highest BCUT2D eigenvalue weighted by Crippen LogP contribution is 2.24. The van der Waals surface area contributed by atoms with Crippen molar-refractivity contribution >= 4 is 33.4 Å². The summed E-state index contributed by atoms with van der Waals surface area (Å²) in [6.45, 7) is 4.15. The molecular weight excluding hydrogens is 418 g/mol. The minimum atomic E-state index is -3.03. The van der Waals surface area contributed by atoms with Crippen LogP contribution in [0, 0.1) is 5.92 Å². The molecular formula is C17H21N5O5S2. The first-order valence-corrected chi connectivity index (χ1v) is 11.7. The summed E-state index contributed by atoms with van der Waals surface area (Å²) in [6.07, 6.45) is 3.75. The monoisotopic (exact) mass is 439 g/mol. The Morgan fingerprint density at radius 1 is 1.34 bits per heavy atom. The predicted octanol–water partition coefficient (Wildman–Crippen LogP) is 0.788. The summed E-state index contributed by atoms with van der Waals surface area (Å²) in [5.41, 5.74) is 4.65. The van der Waals surface area contributed by atoms with E-state index in [4.69, 9.17) is 4.42 Å². The standard InChI is InChI=1S/C17H21N5O5S2/c1-2-6-22-16(13-4-3-7-27-13)20-21-17(22)28-10-15(24)19-18-14(23)9-12-5-8-29(25,26)11-12/h2-4,7,12H,1,5-6,8-11H2,(H,18,23)(H,19,24). The molecule has 0 radical (unpaired) electrons. The molecule has 0 aromatic carbocycles. The van der Waals surface area contributed by atoms with E-state index in [1.807, 2.05) is 0 Å². The maximum atomic E-state index is 12.0. The van der Waals surface area contributed by atoms with Gasteiger partial charge in [-0.3, -0.25) is 25.0 Å². The average Bonchev–Trinajstić information content (AvgIpc) is 3.39. The number of rotatable bonds is 8. The molecule has 1 saturated heterocycles. The van der Waals surface area contributed by atoms with Crippen molar-refractivity contribution < 1.29 is 22.4 Å². The van der Waals surface area contributed by atoms with Crippen LogP contribution < -0.4 is 10.9 Å². The fraction of sp³-hybridized carbons (Fsp3) is 0.412. The van der Waals surface area contributed by atoms with Crippen LogP contribution in [0.1, 0.15) is 12.8 Å². The van der Waals surface area contributed by atoms with Crippen LogP contribution in [-0.4, -0.2) is 52.3 Å². The zero-order valence-corrected chi connectivity index (χ0v) is 17.2. The van der Waals surface area contributed by atoms with Gasteiger partial charge in [0.1, 0.15) is 0 Å². The predicted molar refractivity (Wildman–Crippen MR) is 106 cm³/mol. The molecule has 1 fully saturated rings. The molecule has 3 heterocycles. The van der Waals surface area contributed by atoms with Gasteiger partial charge in [0.15, 0.2) is 20.8 Å². The third kappa shape index (κ3) is 5.70. The SMILES string of the molecule is C=CCn1c(SCC(=O)NNC(=O)CC2CCS(=O)(=O)C2)nnc1-c1ccco1. The summed E-state index contributed by atoms with van der Waals surface area (Å²) in [4.78, 5) is 23.9. The van der Waals surface area contributed by atoms with E-state index in [9.17, 15) is 18.0 Å². The zero-order valence-electron chi connectivity index (χ0n) is 15.5. The Bertz CT molecular complexity index is 984. The zero-order chi connectivity index (χ0) is 20.9. The molecule has 2 N–H and O–H groups in total. The highest BCUT2D eigenvalue weighted by atomic mass is 32.2. The van der Waals surface area contributed by atoms with Crippen molar-refractivity contribution in [1.29, 1.82) is 0 Å². The minimum Gasteiger partial charge on any atom is -0.461 e. The molecule has 3 rings (SSSR count). The normalized spacial score (nSPS) is 17.7. The van der Waals surface area contributed by atoms with E-state index in [-0.39, 0.29) is 29.6 Å². The van der Waals surface area contributed by atoms with Crippen molar-refractivity contribution in [3.8, 4) is 11.6 Å². The van der Waals surface area contributed by atoms with E-state index in [0.717, 1.165) is 11.8 Å². The number of carbonyl (C=O) groups is 2. The smallest absolute Gasteiger partial charge is 0.248 e. The molecule has 1 unspecified atom stereocenters. The Balaban J connectivity index is 1.48. The number of carbonyl (C=O) groups excluding carboxylic acids is 2. The van der Waals surface area contributed by atoms with E-state index in [2.05, 4.69) is 27.6 Å². The summed E-state index contributed by atoms with van der Waals surface area (Å²) in [7, 11) is -3.03. The minimum absolute atomic E-state index is 0.00547. The summed E-state index contributed by atoms with van der Waals surface area (Å²) >= 11 is 1.15. The van der Waals surface area contributed by atoms with E-state index >= 15 is 0 Å². The van der Waals surface area contributed by atoms with Gasteiger partial charge in [0, 0.05) is 13.0 Å². The molecule has 0 bridgehead atoms. The number of hydrogen-bond donors (Lipinski definition) is 2. The van der Waals surface area contributed by atoms with Gasteiger partial charge in [-0.25, -0.2) is 8.42 Å². The lowest BCUT2D eigenvalue weighted by molar-refractivity contribution is -0.128. The average molecular weight is 440 g/mol. The first-order valence-electron chi connectivity index (χ1n) is 8.87. The van der Waals surface area contributed by atoms with Crippen molar-refractivity contribution in [1.82, 2.24) is 25.6 Å². The third-order valence-corrected chi connectivity index (χ3v) is 7.05. The molecule has 1 atom stereocenters. The van der Waals surface area contributed by atoms with E-state index in [1.54, 1.807) is 22.8 Å². The number of aromatic nitrogens is 3. The van der Waals surface area contributed by atoms with Crippen LogP contribution in [0.15, 0.2) is 40.6 Å². The van der Waals surface area contributed by atoms with Crippen LogP contribution in [0.2, 0.25) is 0 Å². The number of nitrogens with zero attached hydrogens (tertiary/aromatic N) is 3. The maximum absolute atomic E-state index is 12.0. The second kappa shape index (κ2) is 9.27. The number of furan rings is 1. The van der Waals surface area contributed by atoms with Crippen LogP contribution in [0.5, 0.6) is 0 Å². The molecule has 2 aromatic heterocycles. The van der Waals surface area contributed by atoms with Crippen LogP contribution in [0.3, 0.4) is 0 Å². The van der Waals surface area contributed by atoms with Gasteiger partial charge in [-0.2, -0.15) is 0 Å². The molecule has 1 aliphatic heterocycles. The Morgan fingerprint density at radius 3 is 2.79 bits per heavy atom.